The van der Waals surface area contributed by atoms with Gasteiger partial charge in [-0.2, -0.15) is 4.98 Å². The number of ether oxygens (including phenoxy) is 2. The molecule has 0 bridgehead atoms. The number of carbonyl (C=O) groups is 2. The Morgan fingerprint density at radius 1 is 1.15 bits per heavy atom. The molecule has 0 aliphatic carbocycles. The SMILES string of the molecule is COC[C@@H]1CC(Oc2ccc(C(=O)O)cc2)CN1C(=O)Cc1ccc2nc(Nc3cc(F)ccc3C)oc2c1F. The third-order valence-corrected chi connectivity index (χ3v) is 6.82. The van der Waals surface area contributed by atoms with Crippen molar-refractivity contribution in [3.05, 3.63) is 82.9 Å². The molecule has 0 radical (unpaired) electrons. The number of anilines is 2. The first kappa shape index (κ1) is 27.1. The van der Waals surface area contributed by atoms with Crippen LogP contribution in [0.25, 0.3) is 11.1 Å². The predicted octanol–water partition coefficient (Wildman–Crippen LogP) is 5.09. The van der Waals surface area contributed by atoms with Gasteiger partial charge in [-0.15, -0.1) is 0 Å². The van der Waals surface area contributed by atoms with E-state index in [2.05, 4.69) is 10.3 Å². The number of aryl methyl sites for hydroxylation is 1. The highest BCUT2D eigenvalue weighted by molar-refractivity contribution is 5.87. The minimum Gasteiger partial charge on any atom is -0.489 e. The Bertz CT molecular complexity index is 1560. The van der Waals surface area contributed by atoms with E-state index in [0.29, 0.717) is 17.9 Å². The summed E-state index contributed by atoms with van der Waals surface area (Å²) in [5, 5.41) is 11.9. The number of aromatic carboxylic acids is 1. The van der Waals surface area contributed by atoms with E-state index in [0.717, 1.165) is 5.56 Å². The number of hydrogen-bond acceptors (Lipinski definition) is 7. The standard InChI is InChI=1S/C29H27F2N3O6/c1-16-3-7-19(30)12-24(16)33-29-32-23-10-6-18(26(31)27(23)40-29)11-25(35)34-14-22(13-20(34)15-38-2)39-21-8-4-17(5-9-21)28(36)37/h3-10,12,20,22H,11,13-15H2,1-2H3,(H,32,33)(H,36,37)/t20-,22?/m0/s1. The fourth-order valence-corrected chi connectivity index (χ4v) is 4.78. The Morgan fingerprint density at radius 3 is 2.65 bits per heavy atom. The lowest BCUT2D eigenvalue weighted by Gasteiger charge is -2.23. The van der Waals surface area contributed by atoms with Crippen molar-refractivity contribution in [2.75, 3.05) is 25.6 Å². The van der Waals surface area contributed by atoms with Crippen LogP contribution in [0.1, 0.15) is 27.9 Å². The number of fused-ring (bicyclic) bond motifs is 1. The molecule has 3 aromatic carbocycles. The maximum absolute atomic E-state index is 15.4. The van der Waals surface area contributed by atoms with Crippen molar-refractivity contribution in [1.82, 2.24) is 9.88 Å². The number of hydrogen-bond donors (Lipinski definition) is 2. The molecule has 1 unspecified atom stereocenters. The molecule has 2 heterocycles. The highest BCUT2D eigenvalue weighted by atomic mass is 19.1. The fraction of sp³-hybridized carbons (Fsp3) is 0.276. The van der Waals surface area contributed by atoms with E-state index in [1.165, 1.54) is 37.4 Å². The number of benzene rings is 3. The number of nitrogens with one attached hydrogen (secondary N) is 1. The Balaban J connectivity index is 1.29. The summed E-state index contributed by atoms with van der Waals surface area (Å²) in [6.07, 6.45) is -0.0614. The molecule has 1 saturated heterocycles. The number of rotatable bonds is 9. The maximum Gasteiger partial charge on any atom is 0.335 e. The maximum atomic E-state index is 15.4. The van der Waals surface area contributed by atoms with Crippen LogP contribution in [0.15, 0.2) is 59.0 Å². The first-order valence-corrected chi connectivity index (χ1v) is 12.6. The largest absolute Gasteiger partial charge is 0.489 e. The normalized spacial score (nSPS) is 16.9. The topological polar surface area (TPSA) is 114 Å². The van der Waals surface area contributed by atoms with E-state index in [-0.39, 0.29) is 65.9 Å². The lowest BCUT2D eigenvalue weighted by Crippen LogP contribution is -2.39. The van der Waals surface area contributed by atoms with Gasteiger partial charge in [0.2, 0.25) is 5.91 Å². The molecule has 208 valence electrons. The Labute approximate surface area is 228 Å². The van der Waals surface area contributed by atoms with Gasteiger partial charge in [0.15, 0.2) is 11.4 Å². The van der Waals surface area contributed by atoms with Crippen molar-refractivity contribution in [1.29, 1.82) is 0 Å². The zero-order valence-corrected chi connectivity index (χ0v) is 21.8. The minimum atomic E-state index is -1.03. The molecule has 4 aromatic rings. The van der Waals surface area contributed by atoms with Crippen LogP contribution in [0, 0.1) is 18.6 Å². The van der Waals surface area contributed by atoms with Gasteiger partial charge in [-0.1, -0.05) is 12.1 Å². The molecule has 1 aliphatic heterocycles. The summed E-state index contributed by atoms with van der Waals surface area (Å²) >= 11 is 0. The van der Waals surface area contributed by atoms with Crippen molar-refractivity contribution in [3.8, 4) is 5.75 Å². The average Bonchev–Trinajstić information content (AvgIpc) is 3.52. The van der Waals surface area contributed by atoms with Crippen molar-refractivity contribution in [2.45, 2.75) is 31.9 Å². The summed E-state index contributed by atoms with van der Waals surface area (Å²) in [5.74, 6) is -1.99. The third kappa shape index (κ3) is 5.74. The molecule has 9 nitrogen and oxygen atoms in total. The molecule has 2 N–H and O–H groups in total. The number of nitrogens with zero attached hydrogens (tertiary/aromatic N) is 2. The molecule has 1 aromatic heterocycles. The number of carboxylic acid groups (broad SMARTS) is 1. The lowest BCUT2D eigenvalue weighted by molar-refractivity contribution is -0.132. The molecule has 5 rings (SSSR count). The molecule has 1 fully saturated rings. The lowest BCUT2D eigenvalue weighted by atomic mass is 10.1. The van der Waals surface area contributed by atoms with Gasteiger partial charge in [0.05, 0.1) is 31.2 Å². The number of likely N-dealkylation sites (tertiary alicyclic amines) is 1. The van der Waals surface area contributed by atoms with Crippen LogP contribution in [-0.2, 0) is 16.0 Å². The second-order valence-electron chi connectivity index (χ2n) is 9.63. The summed E-state index contributed by atoms with van der Waals surface area (Å²) in [5.41, 5.74) is 1.63. The highest BCUT2D eigenvalue weighted by Gasteiger charge is 2.36. The first-order valence-electron chi connectivity index (χ1n) is 12.6. The second-order valence-corrected chi connectivity index (χ2v) is 9.63. The number of aromatic nitrogens is 1. The summed E-state index contributed by atoms with van der Waals surface area (Å²) in [6, 6.07) is 13.1. The fourth-order valence-electron chi connectivity index (χ4n) is 4.78. The minimum absolute atomic E-state index is 0.00200. The van der Waals surface area contributed by atoms with Crippen LogP contribution in [-0.4, -0.2) is 59.3 Å². The van der Waals surface area contributed by atoms with Crippen LogP contribution in [0.5, 0.6) is 5.75 Å². The third-order valence-electron chi connectivity index (χ3n) is 6.82. The number of methoxy groups -OCH3 is 1. The Kier molecular flexibility index (Phi) is 7.65. The molecule has 0 spiro atoms. The number of carbonyl (C=O) groups excluding carboxylic acids is 1. The summed E-state index contributed by atoms with van der Waals surface area (Å²) in [6.45, 7) is 2.33. The van der Waals surface area contributed by atoms with E-state index in [1.54, 1.807) is 36.1 Å². The van der Waals surface area contributed by atoms with E-state index in [4.69, 9.17) is 19.0 Å². The van der Waals surface area contributed by atoms with Gasteiger partial charge in [-0.3, -0.25) is 4.79 Å². The number of oxazole rings is 1. The molecular formula is C29H27F2N3O6. The van der Waals surface area contributed by atoms with E-state index >= 15 is 4.39 Å². The molecule has 0 saturated carbocycles. The summed E-state index contributed by atoms with van der Waals surface area (Å²) in [4.78, 5) is 30.2. The summed E-state index contributed by atoms with van der Waals surface area (Å²) < 4.78 is 46.0. The van der Waals surface area contributed by atoms with Gasteiger partial charge in [0.1, 0.15) is 23.2 Å². The van der Waals surface area contributed by atoms with Crippen LogP contribution >= 0.6 is 0 Å². The van der Waals surface area contributed by atoms with Crippen LogP contribution in [0.3, 0.4) is 0 Å². The second kappa shape index (κ2) is 11.3. The zero-order chi connectivity index (χ0) is 28.4. The van der Waals surface area contributed by atoms with Crippen LogP contribution in [0.2, 0.25) is 0 Å². The summed E-state index contributed by atoms with van der Waals surface area (Å²) in [7, 11) is 1.54. The van der Waals surface area contributed by atoms with Gasteiger partial charge in [-0.05, 0) is 55.0 Å². The smallest absolute Gasteiger partial charge is 0.335 e. The zero-order valence-electron chi connectivity index (χ0n) is 21.8. The van der Waals surface area contributed by atoms with E-state index in [1.807, 2.05) is 0 Å². The van der Waals surface area contributed by atoms with E-state index in [9.17, 15) is 14.0 Å². The van der Waals surface area contributed by atoms with Crippen molar-refractivity contribution in [3.63, 3.8) is 0 Å². The predicted molar refractivity (Wildman–Crippen MR) is 142 cm³/mol. The average molecular weight is 552 g/mol. The monoisotopic (exact) mass is 551 g/mol. The van der Waals surface area contributed by atoms with E-state index < -0.39 is 17.6 Å². The van der Waals surface area contributed by atoms with Gasteiger partial charge in [0.25, 0.3) is 6.01 Å². The Morgan fingerprint density at radius 2 is 1.93 bits per heavy atom. The molecule has 2 atom stereocenters. The van der Waals surface area contributed by atoms with Crippen molar-refractivity contribution >= 4 is 34.7 Å². The van der Waals surface area contributed by atoms with Gasteiger partial charge < -0.3 is 29.2 Å². The van der Waals surface area contributed by atoms with Gasteiger partial charge >= 0.3 is 5.97 Å². The molecule has 40 heavy (non-hydrogen) atoms. The molecular weight excluding hydrogens is 524 g/mol. The quantitative estimate of drug-likeness (QED) is 0.296. The van der Waals surface area contributed by atoms with Crippen LogP contribution in [0.4, 0.5) is 20.5 Å². The Hall–Kier alpha value is -4.51. The van der Waals surface area contributed by atoms with Crippen LogP contribution < -0.4 is 10.1 Å². The number of amides is 1. The molecule has 1 amide bonds. The highest BCUT2D eigenvalue weighted by Crippen LogP contribution is 2.29. The van der Waals surface area contributed by atoms with Gasteiger partial charge in [-0.25, -0.2) is 13.6 Å². The van der Waals surface area contributed by atoms with Crippen molar-refractivity contribution in [2.24, 2.45) is 0 Å². The number of halogens is 2. The van der Waals surface area contributed by atoms with Gasteiger partial charge in [0, 0.05) is 24.8 Å². The van der Waals surface area contributed by atoms with Crippen molar-refractivity contribution < 1.29 is 37.4 Å². The molecule has 1 aliphatic rings. The first-order chi connectivity index (χ1) is 19.2. The number of carboxylic acids is 1. The molecule has 11 heteroatoms.